The number of para-hydroxylation sites is 1. The van der Waals surface area contributed by atoms with E-state index in [-0.39, 0.29) is 5.78 Å². The van der Waals surface area contributed by atoms with Crippen LogP contribution in [0.15, 0.2) is 58.6 Å². The first-order valence-corrected chi connectivity index (χ1v) is 6.39. The molecule has 0 fully saturated rings. The Morgan fingerprint density at radius 1 is 1.15 bits per heavy atom. The van der Waals surface area contributed by atoms with E-state index in [2.05, 4.69) is 15.5 Å². The van der Waals surface area contributed by atoms with E-state index in [1.165, 1.54) is 6.21 Å². The largest absolute Gasteiger partial charge is 0.287 e. The van der Waals surface area contributed by atoms with Gasteiger partial charge in [0.1, 0.15) is 5.71 Å². The third-order valence-electron chi connectivity index (χ3n) is 2.83. The van der Waals surface area contributed by atoms with E-state index in [1.807, 2.05) is 24.3 Å². The number of hydrogen-bond acceptors (Lipinski definition) is 4. The number of fused-ring (bicyclic) bond motifs is 1. The topological polar surface area (TPSA) is 53.8 Å². The molecule has 4 nitrogen and oxygen atoms in total. The van der Waals surface area contributed by atoms with E-state index in [9.17, 15) is 4.79 Å². The zero-order valence-corrected chi connectivity index (χ0v) is 11.1. The Hall–Kier alpha value is -2.46. The summed E-state index contributed by atoms with van der Waals surface area (Å²) in [6, 6.07) is 14.4. The Kier molecular flexibility index (Phi) is 3.31. The third-order valence-corrected chi connectivity index (χ3v) is 3.06. The number of rotatable bonds is 3. The van der Waals surface area contributed by atoms with Gasteiger partial charge in [0.25, 0.3) is 0 Å². The quantitative estimate of drug-likeness (QED) is 0.690. The standard InChI is InChI=1S/C15H10ClN3O/c16-10-4-3-5-11(8-10)19-17-9-14-15(20)12-6-1-2-7-13(12)18-14/h1-9,19H/b17-9-. The van der Waals surface area contributed by atoms with Crippen LogP contribution < -0.4 is 5.43 Å². The van der Waals surface area contributed by atoms with Crippen LogP contribution in [0.3, 0.4) is 0 Å². The van der Waals surface area contributed by atoms with Crippen LogP contribution in [-0.4, -0.2) is 17.7 Å². The molecule has 1 N–H and O–H groups in total. The molecule has 0 spiro atoms. The average molecular weight is 284 g/mol. The van der Waals surface area contributed by atoms with Crippen molar-refractivity contribution in [3.05, 3.63) is 59.1 Å². The van der Waals surface area contributed by atoms with Crippen molar-refractivity contribution >= 4 is 40.7 Å². The molecule has 2 aromatic rings. The summed E-state index contributed by atoms with van der Waals surface area (Å²) in [7, 11) is 0. The van der Waals surface area contributed by atoms with Crippen molar-refractivity contribution in [2.24, 2.45) is 10.1 Å². The number of Topliss-reactive ketones (excluding diaryl/α,β-unsaturated/α-hetero) is 1. The third kappa shape index (κ3) is 2.46. The second kappa shape index (κ2) is 5.27. The Morgan fingerprint density at radius 3 is 2.80 bits per heavy atom. The van der Waals surface area contributed by atoms with Gasteiger partial charge < -0.3 is 0 Å². The highest BCUT2D eigenvalue weighted by molar-refractivity contribution is 6.67. The molecule has 3 rings (SSSR count). The molecule has 5 heteroatoms. The number of hydrogen-bond donors (Lipinski definition) is 1. The lowest BCUT2D eigenvalue weighted by Crippen LogP contribution is -2.11. The van der Waals surface area contributed by atoms with Crippen molar-refractivity contribution in [1.82, 2.24) is 0 Å². The number of ketones is 1. The Labute approximate surface area is 120 Å². The van der Waals surface area contributed by atoms with Gasteiger partial charge in [0.05, 0.1) is 17.6 Å². The minimum absolute atomic E-state index is 0.114. The number of aliphatic imine (C=N–C) groups is 1. The lowest BCUT2D eigenvalue weighted by atomic mass is 10.1. The first-order chi connectivity index (χ1) is 9.74. The summed E-state index contributed by atoms with van der Waals surface area (Å²) < 4.78 is 0. The Morgan fingerprint density at radius 2 is 2.00 bits per heavy atom. The average Bonchev–Trinajstić information content (AvgIpc) is 2.76. The monoisotopic (exact) mass is 283 g/mol. The predicted molar refractivity (Wildman–Crippen MR) is 81.4 cm³/mol. The minimum atomic E-state index is -0.114. The summed E-state index contributed by atoms with van der Waals surface area (Å²) in [5.74, 6) is -0.114. The highest BCUT2D eigenvalue weighted by atomic mass is 35.5. The second-order valence-electron chi connectivity index (χ2n) is 4.22. The summed E-state index contributed by atoms with van der Waals surface area (Å²) in [4.78, 5) is 16.3. The molecule has 2 aromatic carbocycles. The predicted octanol–water partition coefficient (Wildman–Crippen LogP) is 3.71. The van der Waals surface area contributed by atoms with Gasteiger partial charge in [-0.3, -0.25) is 10.2 Å². The summed E-state index contributed by atoms with van der Waals surface area (Å²) in [5.41, 5.74) is 5.17. The van der Waals surface area contributed by atoms with Crippen molar-refractivity contribution in [1.29, 1.82) is 0 Å². The number of nitrogens with zero attached hydrogens (tertiary/aromatic N) is 2. The van der Waals surface area contributed by atoms with E-state index in [4.69, 9.17) is 11.6 Å². The summed E-state index contributed by atoms with van der Waals surface area (Å²) in [6.07, 6.45) is 1.42. The van der Waals surface area contributed by atoms with Crippen molar-refractivity contribution in [2.45, 2.75) is 0 Å². The molecular weight excluding hydrogens is 274 g/mol. The molecule has 0 atom stereocenters. The Bertz CT molecular complexity index is 737. The van der Waals surface area contributed by atoms with Crippen LogP contribution in [0.25, 0.3) is 0 Å². The Balaban J connectivity index is 1.74. The summed E-state index contributed by atoms with van der Waals surface area (Å²) in [5, 5.41) is 4.63. The maximum absolute atomic E-state index is 12.0. The van der Waals surface area contributed by atoms with Crippen molar-refractivity contribution < 1.29 is 4.79 Å². The van der Waals surface area contributed by atoms with Crippen LogP contribution in [0.2, 0.25) is 5.02 Å². The lowest BCUT2D eigenvalue weighted by Gasteiger charge is -1.99. The van der Waals surface area contributed by atoms with E-state index in [1.54, 1.807) is 24.3 Å². The first kappa shape index (κ1) is 12.6. The molecule has 0 amide bonds. The zero-order valence-electron chi connectivity index (χ0n) is 10.4. The molecular formula is C15H10ClN3O. The van der Waals surface area contributed by atoms with Crippen molar-refractivity contribution in [3.63, 3.8) is 0 Å². The van der Waals surface area contributed by atoms with Gasteiger partial charge in [0.2, 0.25) is 5.78 Å². The molecule has 0 unspecified atom stereocenters. The fourth-order valence-corrected chi connectivity index (χ4v) is 2.09. The number of hydrazone groups is 1. The fraction of sp³-hybridized carbons (Fsp3) is 0. The lowest BCUT2D eigenvalue weighted by molar-refractivity contribution is 0.107. The van der Waals surface area contributed by atoms with E-state index >= 15 is 0 Å². The maximum atomic E-state index is 12.0. The zero-order chi connectivity index (χ0) is 13.9. The number of nitrogens with one attached hydrogen (secondary N) is 1. The molecule has 0 saturated carbocycles. The van der Waals surface area contributed by atoms with Crippen LogP contribution >= 0.6 is 11.6 Å². The smallest absolute Gasteiger partial charge is 0.215 e. The molecule has 0 bridgehead atoms. The van der Waals surface area contributed by atoms with Crippen molar-refractivity contribution in [3.8, 4) is 0 Å². The number of benzene rings is 2. The SMILES string of the molecule is O=C1C(/C=N\Nc2cccc(Cl)c2)=Nc2ccccc21. The van der Waals surface area contributed by atoms with Gasteiger partial charge in [0, 0.05) is 10.6 Å². The molecule has 0 aromatic heterocycles. The summed E-state index contributed by atoms with van der Waals surface area (Å²) in [6.45, 7) is 0. The maximum Gasteiger partial charge on any atom is 0.215 e. The molecule has 1 aliphatic heterocycles. The molecule has 0 saturated heterocycles. The normalized spacial score (nSPS) is 13.4. The van der Waals surface area contributed by atoms with Gasteiger partial charge in [-0.15, -0.1) is 0 Å². The van der Waals surface area contributed by atoms with Gasteiger partial charge in [-0.2, -0.15) is 5.10 Å². The van der Waals surface area contributed by atoms with Gasteiger partial charge >= 0.3 is 0 Å². The highest BCUT2D eigenvalue weighted by Crippen LogP contribution is 2.25. The van der Waals surface area contributed by atoms with Gasteiger partial charge in [-0.1, -0.05) is 29.8 Å². The molecule has 0 radical (unpaired) electrons. The van der Waals surface area contributed by atoms with Crippen LogP contribution in [0.1, 0.15) is 10.4 Å². The summed E-state index contributed by atoms with van der Waals surface area (Å²) >= 11 is 5.87. The number of halogens is 1. The number of carbonyl (C=O) groups is 1. The van der Waals surface area contributed by atoms with Crippen LogP contribution in [0.5, 0.6) is 0 Å². The van der Waals surface area contributed by atoms with Crippen molar-refractivity contribution in [2.75, 3.05) is 5.43 Å². The van der Waals surface area contributed by atoms with Crippen LogP contribution in [-0.2, 0) is 0 Å². The van der Waals surface area contributed by atoms with Crippen LogP contribution in [0.4, 0.5) is 11.4 Å². The van der Waals surface area contributed by atoms with E-state index < -0.39 is 0 Å². The number of anilines is 1. The first-order valence-electron chi connectivity index (χ1n) is 6.01. The molecule has 20 heavy (non-hydrogen) atoms. The molecule has 1 aliphatic rings. The second-order valence-corrected chi connectivity index (χ2v) is 4.66. The molecule has 0 aliphatic carbocycles. The minimum Gasteiger partial charge on any atom is -0.287 e. The van der Waals surface area contributed by atoms with Gasteiger partial charge in [0.15, 0.2) is 0 Å². The fourth-order valence-electron chi connectivity index (χ4n) is 1.90. The highest BCUT2D eigenvalue weighted by Gasteiger charge is 2.22. The van der Waals surface area contributed by atoms with Gasteiger partial charge in [-0.25, -0.2) is 4.99 Å². The van der Waals surface area contributed by atoms with Gasteiger partial charge in [-0.05, 0) is 30.3 Å². The molecule has 1 heterocycles. The van der Waals surface area contributed by atoms with Crippen LogP contribution in [0, 0.1) is 0 Å². The number of carbonyl (C=O) groups excluding carboxylic acids is 1. The molecule has 98 valence electrons. The van der Waals surface area contributed by atoms with E-state index in [0.717, 1.165) is 5.69 Å². The van der Waals surface area contributed by atoms with E-state index in [0.29, 0.717) is 22.0 Å².